The number of nitrogens with one attached hydrogen (secondary N) is 1. The number of methoxy groups -OCH3 is 2. The summed E-state index contributed by atoms with van der Waals surface area (Å²) in [5.74, 6) is -0.492. The number of carbonyl (C=O) groups is 2. The molecule has 0 heterocycles. The summed E-state index contributed by atoms with van der Waals surface area (Å²) in [4.78, 5) is 23.9. The molecule has 0 aliphatic carbocycles. The molecule has 0 bridgehead atoms. The maximum Gasteiger partial charge on any atom is 0.340 e. The van der Waals surface area contributed by atoms with Gasteiger partial charge < -0.3 is 19.5 Å². The molecule has 0 atom stereocenters. The van der Waals surface area contributed by atoms with Crippen LogP contribution in [0.4, 0.5) is 5.69 Å². The molecular formula is C17H15Cl2NO5. The third-order valence-electron chi connectivity index (χ3n) is 3.18. The van der Waals surface area contributed by atoms with Gasteiger partial charge in [0, 0.05) is 6.07 Å². The van der Waals surface area contributed by atoms with Crippen molar-refractivity contribution in [2.75, 3.05) is 26.1 Å². The van der Waals surface area contributed by atoms with Gasteiger partial charge in [-0.2, -0.15) is 0 Å². The highest BCUT2D eigenvalue weighted by Crippen LogP contribution is 2.35. The van der Waals surface area contributed by atoms with E-state index in [1.807, 2.05) is 0 Å². The third-order valence-corrected chi connectivity index (χ3v) is 3.80. The van der Waals surface area contributed by atoms with Gasteiger partial charge in [0.2, 0.25) is 0 Å². The van der Waals surface area contributed by atoms with E-state index in [1.165, 1.54) is 32.4 Å². The van der Waals surface area contributed by atoms with Crippen LogP contribution in [0.1, 0.15) is 10.4 Å². The summed E-state index contributed by atoms with van der Waals surface area (Å²) in [6.45, 7) is -0.489. The number of anilines is 1. The molecule has 2 rings (SSSR count). The van der Waals surface area contributed by atoms with E-state index in [0.29, 0.717) is 22.2 Å². The van der Waals surface area contributed by atoms with Crippen LogP contribution in [0.3, 0.4) is 0 Å². The molecule has 1 N–H and O–H groups in total. The first-order chi connectivity index (χ1) is 12.0. The molecule has 132 valence electrons. The van der Waals surface area contributed by atoms with Crippen LogP contribution in [0, 0.1) is 0 Å². The summed E-state index contributed by atoms with van der Waals surface area (Å²) in [5, 5.41) is 3.11. The predicted octanol–water partition coefficient (Wildman–Crippen LogP) is 3.81. The van der Waals surface area contributed by atoms with E-state index in [2.05, 4.69) is 5.32 Å². The maximum absolute atomic E-state index is 12.0. The molecule has 0 radical (unpaired) electrons. The number of ether oxygens (including phenoxy) is 3. The molecule has 0 aliphatic rings. The van der Waals surface area contributed by atoms with E-state index >= 15 is 0 Å². The van der Waals surface area contributed by atoms with Crippen LogP contribution in [0.25, 0.3) is 0 Å². The second-order valence-electron chi connectivity index (χ2n) is 4.79. The van der Waals surface area contributed by atoms with Crippen LogP contribution < -0.4 is 14.8 Å². The number of carbonyl (C=O) groups excluding carboxylic acids is 2. The van der Waals surface area contributed by atoms with E-state index in [1.54, 1.807) is 18.2 Å². The van der Waals surface area contributed by atoms with Crippen molar-refractivity contribution in [2.45, 2.75) is 0 Å². The molecule has 0 fully saturated rings. The molecule has 0 saturated heterocycles. The Hall–Kier alpha value is -2.44. The van der Waals surface area contributed by atoms with Gasteiger partial charge >= 0.3 is 5.97 Å². The minimum atomic E-state index is -0.694. The summed E-state index contributed by atoms with van der Waals surface area (Å²) in [6.07, 6.45) is 0. The largest absolute Gasteiger partial charge is 0.495 e. The van der Waals surface area contributed by atoms with Crippen molar-refractivity contribution in [1.82, 2.24) is 0 Å². The third kappa shape index (κ3) is 4.78. The topological polar surface area (TPSA) is 73.9 Å². The smallest absolute Gasteiger partial charge is 0.340 e. The minimum Gasteiger partial charge on any atom is -0.495 e. The van der Waals surface area contributed by atoms with Gasteiger partial charge in [0.15, 0.2) is 6.61 Å². The summed E-state index contributed by atoms with van der Waals surface area (Å²) in [7, 11) is 2.91. The fourth-order valence-corrected chi connectivity index (χ4v) is 2.43. The van der Waals surface area contributed by atoms with Crippen LogP contribution in [0.5, 0.6) is 11.5 Å². The molecule has 0 aromatic heterocycles. The molecule has 2 aromatic rings. The Balaban J connectivity index is 2.02. The molecule has 0 spiro atoms. The number of esters is 1. The number of amides is 1. The molecule has 2 aromatic carbocycles. The second-order valence-corrected chi connectivity index (χ2v) is 5.61. The Morgan fingerprint density at radius 3 is 2.32 bits per heavy atom. The van der Waals surface area contributed by atoms with Crippen molar-refractivity contribution < 1.29 is 23.8 Å². The fourth-order valence-electron chi connectivity index (χ4n) is 1.98. The van der Waals surface area contributed by atoms with Crippen LogP contribution in [-0.2, 0) is 9.53 Å². The second kappa shape index (κ2) is 8.60. The molecule has 0 unspecified atom stereocenters. The molecule has 1 amide bonds. The number of rotatable bonds is 6. The quantitative estimate of drug-likeness (QED) is 0.767. The molecule has 25 heavy (non-hydrogen) atoms. The SMILES string of the molecule is COc1cc(OC)c(NC(=O)COC(=O)c2ccccc2Cl)cc1Cl. The van der Waals surface area contributed by atoms with Gasteiger partial charge in [-0.3, -0.25) is 4.79 Å². The number of halogens is 2. The maximum atomic E-state index is 12.0. The Bertz CT molecular complexity index is 795. The molecule has 8 heteroatoms. The Morgan fingerprint density at radius 1 is 1.00 bits per heavy atom. The molecule has 0 saturated carbocycles. The first-order valence-electron chi connectivity index (χ1n) is 7.09. The van der Waals surface area contributed by atoms with Crippen LogP contribution in [-0.4, -0.2) is 32.7 Å². The molecule has 6 nitrogen and oxygen atoms in total. The first kappa shape index (κ1) is 18.9. The van der Waals surface area contributed by atoms with E-state index in [4.69, 9.17) is 37.4 Å². The average Bonchev–Trinajstić information content (AvgIpc) is 2.60. The number of hydrogen-bond acceptors (Lipinski definition) is 5. The zero-order valence-corrected chi connectivity index (χ0v) is 15.0. The standard InChI is InChI=1S/C17H15Cl2NO5/c1-23-14-8-15(24-2)13(7-12(14)19)20-16(21)9-25-17(22)10-5-3-4-6-11(10)18/h3-8H,9H2,1-2H3,(H,20,21). The summed E-state index contributed by atoms with van der Waals surface area (Å²) in [6, 6.07) is 9.41. The van der Waals surface area contributed by atoms with Crippen LogP contribution in [0.2, 0.25) is 10.0 Å². The van der Waals surface area contributed by atoms with Crippen molar-refractivity contribution in [1.29, 1.82) is 0 Å². The first-order valence-corrected chi connectivity index (χ1v) is 7.85. The van der Waals surface area contributed by atoms with Crippen molar-refractivity contribution in [3.63, 3.8) is 0 Å². The van der Waals surface area contributed by atoms with Gasteiger partial charge in [0.05, 0.1) is 35.5 Å². The molecule has 0 aliphatic heterocycles. The zero-order chi connectivity index (χ0) is 18.4. The summed E-state index contributed by atoms with van der Waals surface area (Å²) in [5.41, 5.74) is 0.508. The molecular weight excluding hydrogens is 369 g/mol. The van der Waals surface area contributed by atoms with Crippen molar-refractivity contribution in [3.8, 4) is 11.5 Å². The normalized spacial score (nSPS) is 10.1. The highest BCUT2D eigenvalue weighted by atomic mass is 35.5. The number of hydrogen-bond donors (Lipinski definition) is 1. The van der Waals surface area contributed by atoms with Gasteiger partial charge in [-0.1, -0.05) is 35.3 Å². The van der Waals surface area contributed by atoms with E-state index in [0.717, 1.165) is 0 Å². The van der Waals surface area contributed by atoms with Crippen LogP contribution in [0.15, 0.2) is 36.4 Å². The highest BCUT2D eigenvalue weighted by molar-refractivity contribution is 6.33. The van der Waals surface area contributed by atoms with E-state index in [-0.39, 0.29) is 10.6 Å². The van der Waals surface area contributed by atoms with Crippen molar-refractivity contribution >= 4 is 40.8 Å². The fraction of sp³-hybridized carbons (Fsp3) is 0.176. The summed E-state index contributed by atoms with van der Waals surface area (Å²) >= 11 is 11.9. The van der Waals surface area contributed by atoms with Gasteiger partial charge in [-0.15, -0.1) is 0 Å². The van der Waals surface area contributed by atoms with Gasteiger partial charge in [-0.05, 0) is 18.2 Å². The van der Waals surface area contributed by atoms with Crippen molar-refractivity contribution in [3.05, 3.63) is 52.0 Å². The van der Waals surface area contributed by atoms with Gasteiger partial charge in [-0.25, -0.2) is 4.79 Å². The van der Waals surface area contributed by atoms with Crippen molar-refractivity contribution in [2.24, 2.45) is 0 Å². The van der Waals surface area contributed by atoms with Gasteiger partial charge in [0.1, 0.15) is 11.5 Å². The van der Waals surface area contributed by atoms with E-state index < -0.39 is 18.5 Å². The highest BCUT2D eigenvalue weighted by Gasteiger charge is 2.16. The number of benzene rings is 2. The minimum absolute atomic E-state index is 0.182. The predicted molar refractivity (Wildman–Crippen MR) is 94.9 cm³/mol. The lowest BCUT2D eigenvalue weighted by atomic mass is 10.2. The Labute approximate surface area is 154 Å². The van der Waals surface area contributed by atoms with Gasteiger partial charge in [0.25, 0.3) is 5.91 Å². The zero-order valence-electron chi connectivity index (χ0n) is 13.5. The lowest BCUT2D eigenvalue weighted by Gasteiger charge is -2.13. The Morgan fingerprint density at radius 2 is 1.68 bits per heavy atom. The van der Waals surface area contributed by atoms with Crippen LogP contribution >= 0.6 is 23.2 Å². The average molecular weight is 384 g/mol. The summed E-state index contributed by atoms with van der Waals surface area (Å²) < 4.78 is 15.2. The lowest BCUT2D eigenvalue weighted by Crippen LogP contribution is -2.21. The Kier molecular flexibility index (Phi) is 6.50. The monoisotopic (exact) mass is 383 g/mol. The lowest BCUT2D eigenvalue weighted by molar-refractivity contribution is -0.119. The van der Waals surface area contributed by atoms with E-state index in [9.17, 15) is 9.59 Å².